The van der Waals surface area contributed by atoms with E-state index in [0.29, 0.717) is 11.3 Å². The van der Waals surface area contributed by atoms with E-state index in [-0.39, 0.29) is 5.56 Å². The summed E-state index contributed by atoms with van der Waals surface area (Å²) in [4.78, 5) is 16.2. The first-order valence-corrected chi connectivity index (χ1v) is 6.49. The normalized spacial score (nSPS) is 23.8. The fourth-order valence-corrected chi connectivity index (χ4v) is 2.57. The molecule has 0 aliphatic carbocycles. The van der Waals surface area contributed by atoms with Gasteiger partial charge in [0.15, 0.2) is 0 Å². The number of pyridine rings is 2. The topological polar surface area (TPSA) is 64.4 Å². The van der Waals surface area contributed by atoms with Gasteiger partial charge in [-0.1, -0.05) is 6.07 Å². The molecule has 104 valence electrons. The largest absolute Gasteiger partial charge is 0.485 e. The molecular weight excluding hydrogens is 256 g/mol. The van der Waals surface area contributed by atoms with E-state index in [2.05, 4.69) is 4.98 Å². The third-order valence-corrected chi connectivity index (χ3v) is 3.66. The summed E-state index contributed by atoms with van der Waals surface area (Å²) in [7, 11) is 0. The highest BCUT2D eigenvalue weighted by Crippen LogP contribution is 2.40. The van der Waals surface area contributed by atoms with Gasteiger partial charge >= 0.3 is 0 Å². The molecule has 5 nitrogen and oxygen atoms in total. The molecule has 0 radical (unpaired) electrons. The van der Waals surface area contributed by atoms with Crippen molar-refractivity contribution in [3.05, 3.63) is 58.8 Å². The van der Waals surface area contributed by atoms with Gasteiger partial charge in [0, 0.05) is 30.2 Å². The standard InChI is InChI=1S/C15H16N2O3/c1-15(2)14(19)13(17-8-4-3-5-12(17)18)10-9-16-7-6-11(10)20-15/h3-9,13-14,19H,1-2H3. The highest BCUT2D eigenvalue weighted by molar-refractivity contribution is 5.38. The van der Waals surface area contributed by atoms with Gasteiger partial charge in [-0.2, -0.15) is 0 Å². The van der Waals surface area contributed by atoms with Crippen LogP contribution < -0.4 is 10.3 Å². The second-order valence-corrected chi connectivity index (χ2v) is 5.45. The Morgan fingerprint density at radius 2 is 2.15 bits per heavy atom. The van der Waals surface area contributed by atoms with E-state index < -0.39 is 17.7 Å². The van der Waals surface area contributed by atoms with Crippen LogP contribution in [-0.4, -0.2) is 26.4 Å². The molecule has 0 spiro atoms. The van der Waals surface area contributed by atoms with Crippen molar-refractivity contribution in [3.8, 4) is 5.75 Å². The third-order valence-electron chi connectivity index (χ3n) is 3.66. The molecule has 1 aliphatic heterocycles. The second-order valence-electron chi connectivity index (χ2n) is 5.45. The molecule has 0 fully saturated rings. The average molecular weight is 272 g/mol. The molecule has 0 bridgehead atoms. The molecule has 0 saturated heterocycles. The van der Waals surface area contributed by atoms with Crippen molar-refractivity contribution in [1.29, 1.82) is 0 Å². The van der Waals surface area contributed by atoms with Crippen LogP contribution in [0.2, 0.25) is 0 Å². The Bertz CT molecular complexity index is 693. The highest BCUT2D eigenvalue weighted by atomic mass is 16.5. The van der Waals surface area contributed by atoms with Crippen LogP contribution in [-0.2, 0) is 0 Å². The molecule has 2 aromatic heterocycles. The van der Waals surface area contributed by atoms with Crippen molar-refractivity contribution < 1.29 is 9.84 Å². The summed E-state index contributed by atoms with van der Waals surface area (Å²) in [6, 6.07) is 6.18. The van der Waals surface area contributed by atoms with E-state index in [4.69, 9.17) is 4.74 Å². The lowest BCUT2D eigenvalue weighted by Gasteiger charge is -2.42. The molecule has 2 unspecified atom stereocenters. The van der Waals surface area contributed by atoms with Crippen LogP contribution >= 0.6 is 0 Å². The van der Waals surface area contributed by atoms with E-state index in [1.807, 2.05) is 13.8 Å². The number of ether oxygens (including phenoxy) is 1. The fraction of sp³-hybridized carbons (Fsp3) is 0.333. The van der Waals surface area contributed by atoms with Crippen LogP contribution in [0.3, 0.4) is 0 Å². The first kappa shape index (κ1) is 12.9. The van der Waals surface area contributed by atoms with E-state index in [1.54, 1.807) is 36.8 Å². The lowest BCUT2D eigenvalue weighted by Crippen LogP contribution is -2.52. The summed E-state index contributed by atoms with van der Waals surface area (Å²) >= 11 is 0. The Labute approximate surface area is 116 Å². The maximum Gasteiger partial charge on any atom is 0.251 e. The number of fused-ring (bicyclic) bond motifs is 1. The molecule has 1 aliphatic rings. The van der Waals surface area contributed by atoms with Crippen LogP contribution in [0.4, 0.5) is 0 Å². The zero-order chi connectivity index (χ0) is 14.3. The number of nitrogens with zero attached hydrogens (tertiary/aromatic N) is 2. The molecule has 0 saturated carbocycles. The third kappa shape index (κ3) is 1.91. The van der Waals surface area contributed by atoms with Gasteiger partial charge in [-0.05, 0) is 26.0 Å². The Kier molecular flexibility index (Phi) is 2.87. The minimum atomic E-state index is -0.848. The molecule has 2 atom stereocenters. The molecular formula is C15H16N2O3. The zero-order valence-corrected chi connectivity index (χ0v) is 11.4. The van der Waals surface area contributed by atoms with Gasteiger partial charge < -0.3 is 14.4 Å². The number of rotatable bonds is 1. The van der Waals surface area contributed by atoms with Crippen molar-refractivity contribution in [2.75, 3.05) is 0 Å². The highest BCUT2D eigenvalue weighted by Gasteiger charge is 2.44. The smallest absolute Gasteiger partial charge is 0.251 e. The summed E-state index contributed by atoms with van der Waals surface area (Å²) in [5, 5.41) is 10.6. The van der Waals surface area contributed by atoms with Gasteiger partial charge in [0.1, 0.15) is 17.5 Å². The van der Waals surface area contributed by atoms with Crippen molar-refractivity contribution in [3.63, 3.8) is 0 Å². The van der Waals surface area contributed by atoms with Gasteiger partial charge in [0.05, 0.1) is 6.04 Å². The van der Waals surface area contributed by atoms with Gasteiger partial charge in [-0.25, -0.2) is 0 Å². The molecule has 5 heteroatoms. The fourth-order valence-electron chi connectivity index (χ4n) is 2.57. The number of aliphatic hydroxyl groups is 1. The average Bonchev–Trinajstić information content (AvgIpc) is 2.41. The van der Waals surface area contributed by atoms with Gasteiger partial charge in [0.2, 0.25) is 0 Å². The first-order chi connectivity index (χ1) is 9.50. The SMILES string of the molecule is CC1(C)Oc2ccncc2C(n2ccccc2=O)C1O. The van der Waals surface area contributed by atoms with Crippen LogP contribution in [0.15, 0.2) is 47.7 Å². The van der Waals surface area contributed by atoms with Gasteiger partial charge in [-0.3, -0.25) is 9.78 Å². The van der Waals surface area contributed by atoms with E-state index in [9.17, 15) is 9.90 Å². The van der Waals surface area contributed by atoms with Gasteiger partial charge in [-0.15, -0.1) is 0 Å². The van der Waals surface area contributed by atoms with Crippen LogP contribution in [0.1, 0.15) is 25.5 Å². The molecule has 3 rings (SSSR count). The lowest BCUT2D eigenvalue weighted by molar-refractivity contribution is -0.0644. The van der Waals surface area contributed by atoms with Crippen molar-refractivity contribution >= 4 is 0 Å². The molecule has 1 N–H and O–H groups in total. The van der Waals surface area contributed by atoms with Gasteiger partial charge in [0.25, 0.3) is 5.56 Å². The lowest BCUT2D eigenvalue weighted by atomic mass is 9.87. The van der Waals surface area contributed by atoms with Crippen LogP contribution in [0.25, 0.3) is 0 Å². The number of hydrogen-bond donors (Lipinski definition) is 1. The van der Waals surface area contributed by atoms with Crippen LogP contribution in [0, 0.1) is 0 Å². The summed E-state index contributed by atoms with van der Waals surface area (Å²) < 4.78 is 7.34. The number of aliphatic hydroxyl groups excluding tert-OH is 1. The van der Waals surface area contributed by atoms with E-state index in [1.165, 1.54) is 10.6 Å². The molecule has 20 heavy (non-hydrogen) atoms. The summed E-state index contributed by atoms with van der Waals surface area (Å²) in [6.07, 6.45) is 4.10. The Hall–Kier alpha value is -2.14. The minimum absolute atomic E-state index is 0.163. The number of hydrogen-bond acceptors (Lipinski definition) is 4. The predicted octanol–water partition coefficient (Wildman–Crippen LogP) is 1.36. The zero-order valence-electron chi connectivity index (χ0n) is 11.4. The second kappa shape index (κ2) is 4.45. The maximum atomic E-state index is 12.1. The monoisotopic (exact) mass is 272 g/mol. The van der Waals surface area contributed by atoms with E-state index in [0.717, 1.165) is 0 Å². The quantitative estimate of drug-likeness (QED) is 0.851. The van der Waals surface area contributed by atoms with Crippen LogP contribution in [0.5, 0.6) is 5.75 Å². The molecule has 0 amide bonds. The molecule has 3 heterocycles. The maximum absolute atomic E-state index is 12.1. The summed E-state index contributed by atoms with van der Waals surface area (Å²) in [5.74, 6) is 0.649. The van der Waals surface area contributed by atoms with E-state index >= 15 is 0 Å². The van der Waals surface area contributed by atoms with Crippen molar-refractivity contribution in [1.82, 2.24) is 9.55 Å². The predicted molar refractivity (Wildman–Crippen MR) is 73.8 cm³/mol. The Morgan fingerprint density at radius 3 is 2.90 bits per heavy atom. The number of aromatic nitrogens is 2. The Morgan fingerprint density at radius 1 is 1.35 bits per heavy atom. The molecule has 2 aromatic rings. The summed E-state index contributed by atoms with van der Waals surface area (Å²) in [6.45, 7) is 3.62. The first-order valence-electron chi connectivity index (χ1n) is 6.49. The van der Waals surface area contributed by atoms with Crippen molar-refractivity contribution in [2.45, 2.75) is 31.6 Å². The van der Waals surface area contributed by atoms with Crippen molar-refractivity contribution in [2.24, 2.45) is 0 Å². The Balaban J connectivity index is 2.23. The molecule has 0 aromatic carbocycles. The summed E-state index contributed by atoms with van der Waals surface area (Å²) in [5.41, 5.74) is -0.231. The minimum Gasteiger partial charge on any atom is -0.485 e.